The van der Waals surface area contributed by atoms with Gasteiger partial charge in [-0.05, 0) is 42.9 Å². The van der Waals surface area contributed by atoms with Gasteiger partial charge in [-0.15, -0.1) is 0 Å². The lowest BCUT2D eigenvalue weighted by atomic mass is 9.67. The van der Waals surface area contributed by atoms with Gasteiger partial charge < -0.3 is 0 Å². The molecule has 3 atom stereocenters. The minimum absolute atomic E-state index is 0.898. The Bertz CT molecular complexity index is 178. The Morgan fingerprint density at radius 2 is 2.22 bits per heavy atom. The Morgan fingerprint density at radius 3 is 2.78 bits per heavy atom. The second kappa shape index (κ2) is 1.12. The summed E-state index contributed by atoms with van der Waals surface area (Å²) < 4.78 is 0. The van der Waals surface area contributed by atoms with Gasteiger partial charge in [0, 0.05) is 0 Å². The van der Waals surface area contributed by atoms with E-state index in [1.165, 1.54) is 18.8 Å². The van der Waals surface area contributed by atoms with Gasteiger partial charge in [-0.3, -0.25) is 0 Å². The van der Waals surface area contributed by atoms with Gasteiger partial charge in [-0.2, -0.15) is 0 Å². The predicted molar refractivity (Wildman–Crippen MR) is 37.0 cm³/mol. The third kappa shape index (κ3) is 0.357. The standard InChI is InChI=1S/C9H12/c1-2-4-9-6-8(9)5-7(9)3-1/h1-2,7-8H,3-6H2/t7?,8-,9?/m1/s1. The molecule has 0 aromatic rings. The summed E-state index contributed by atoms with van der Waals surface area (Å²) in [7, 11) is 0. The summed E-state index contributed by atoms with van der Waals surface area (Å²) in [5, 5.41) is 0. The van der Waals surface area contributed by atoms with Crippen molar-refractivity contribution in [3.8, 4) is 0 Å². The first-order valence-corrected chi connectivity index (χ1v) is 4.07. The van der Waals surface area contributed by atoms with E-state index in [1.54, 1.807) is 12.8 Å². The van der Waals surface area contributed by atoms with E-state index >= 15 is 0 Å². The third-order valence-electron chi connectivity index (χ3n) is 3.75. The zero-order valence-corrected chi connectivity index (χ0v) is 5.64. The van der Waals surface area contributed by atoms with Crippen molar-refractivity contribution in [2.45, 2.75) is 25.7 Å². The van der Waals surface area contributed by atoms with E-state index in [2.05, 4.69) is 12.2 Å². The van der Waals surface area contributed by atoms with Gasteiger partial charge in [0.25, 0.3) is 0 Å². The highest BCUT2D eigenvalue weighted by Gasteiger charge is 2.66. The minimum atomic E-state index is 0.898. The Hall–Kier alpha value is -0.260. The van der Waals surface area contributed by atoms with E-state index < -0.39 is 0 Å². The molecule has 48 valence electrons. The van der Waals surface area contributed by atoms with Crippen LogP contribution < -0.4 is 0 Å². The zero-order valence-electron chi connectivity index (χ0n) is 5.64. The first-order valence-electron chi connectivity index (χ1n) is 4.07. The van der Waals surface area contributed by atoms with Crippen LogP contribution in [0.1, 0.15) is 25.7 Å². The second-order valence-electron chi connectivity index (χ2n) is 3.98. The molecule has 0 saturated heterocycles. The van der Waals surface area contributed by atoms with Gasteiger partial charge >= 0.3 is 0 Å². The molecule has 0 heteroatoms. The van der Waals surface area contributed by atoms with Crippen molar-refractivity contribution in [1.29, 1.82) is 0 Å². The monoisotopic (exact) mass is 120 g/mol. The summed E-state index contributed by atoms with van der Waals surface area (Å²) >= 11 is 0. The number of rotatable bonds is 0. The highest BCUT2D eigenvalue weighted by atomic mass is 14.7. The van der Waals surface area contributed by atoms with Crippen molar-refractivity contribution in [3.05, 3.63) is 12.2 Å². The Balaban J connectivity index is 1.98. The minimum Gasteiger partial charge on any atom is -0.0882 e. The second-order valence-corrected chi connectivity index (χ2v) is 3.98. The largest absolute Gasteiger partial charge is 0.0882 e. The summed E-state index contributed by atoms with van der Waals surface area (Å²) in [6, 6.07) is 0. The van der Waals surface area contributed by atoms with E-state index in [0.717, 1.165) is 11.3 Å². The van der Waals surface area contributed by atoms with Crippen LogP contribution in [0.4, 0.5) is 0 Å². The van der Waals surface area contributed by atoms with Gasteiger partial charge in [-0.25, -0.2) is 0 Å². The van der Waals surface area contributed by atoms with Crippen molar-refractivity contribution in [2.24, 2.45) is 17.3 Å². The molecule has 1 spiro atoms. The van der Waals surface area contributed by atoms with Crippen LogP contribution in [0.2, 0.25) is 0 Å². The smallest absolute Gasteiger partial charge is 0.0200 e. The van der Waals surface area contributed by atoms with Crippen LogP contribution >= 0.6 is 0 Å². The molecule has 0 N–H and O–H groups in total. The van der Waals surface area contributed by atoms with Crippen LogP contribution in [0.3, 0.4) is 0 Å². The van der Waals surface area contributed by atoms with E-state index in [4.69, 9.17) is 0 Å². The summed E-state index contributed by atoms with van der Waals surface area (Å²) in [6.45, 7) is 0. The molecular weight excluding hydrogens is 108 g/mol. The Labute approximate surface area is 56.0 Å². The molecule has 0 bridgehead atoms. The topological polar surface area (TPSA) is 0 Å². The van der Waals surface area contributed by atoms with E-state index in [-0.39, 0.29) is 0 Å². The fourth-order valence-corrected chi connectivity index (χ4v) is 2.95. The fraction of sp³-hybridized carbons (Fsp3) is 0.778. The Kier molecular flexibility index (Phi) is 0.564. The molecule has 9 heavy (non-hydrogen) atoms. The highest BCUT2D eigenvalue weighted by Crippen LogP contribution is 2.74. The molecule has 0 aromatic carbocycles. The van der Waals surface area contributed by atoms with Gasteiger partial charge in [0.05, 0.1) is 0 Å². The summed E-state index contributed by atoms with van der Waals surface area (Å²) in [5.74, 6) is 2.29. The predicted octanol–water partition coefficient (Wildman–Crippen LogP) is 2.36. The fourth-order valence-electron chi connectivity index (χ4n) is 2.95. The molecular formula is C9H12. The lowest BCUT2D eigenvalue weighted by Gasteiger charge is -2.37. The average molecular weight is 120 g/mol. The quantitative estimate of drug-likeness (QED) is 0.430. The Morgan fingerprint density at radius 1 is 1.22 bits per heavy atom. The van der Waals surface area contributed by atoms with Crippen molar-refractivity contribution in [2.75, 3.05) is 0 Å². The highest BCUT2D eigenvalue weighted by molar-refractivity contribution is 5.21. The maximum atomic E-state index is 2.40. The lowest BCUT2D eigenvalue weighted by molar-refractivity contribution is 0.152. The van der Waals surface area contributed by atoms with Crippen LogP contribution in [0.5, 0.6) is 0 Å². The molecule has 0 aliphatic heterocycles. The van der Waals surface area contributed by atoms with Crippen molar-refractivity contribution in [1.82, 2.24) is 0 Å². The number of allylic oxidation sites excluding steroid dienone is 2. The van der Waals surface area contributed by atoms with E-state index in [0.29, 0.717) is 0 Å². The maximum absolute atomic E-state index is 2.40. The van der Waals surface area contributed by atoms with Crippen LogP contribution in [-0.4, -0.2) is 0 Å². The zero-order chi connectivity index (χ0) is 5.90. The molecule has 0 heterocycles. The van der Waals surface area contributed by atoms with Crippen molar-refractivity contribution in [3.63, 3.8) is 0 Å². The molecule has 0 aromatic heterocycles. The van der Waals surface area contributed by atoms with E-state index in [1.807, 2.05) is 0 Å². The van der Waals surface area contributed by atoms with Gasteiger partial charge in [0.2, 0.25) is 0 Å². The van der Waals surface area contributed by atoms with Crippen LogP contribution in [0.15, 0.2) is 12.2 Å². The maximum Gasteiger partial charge on any atom is -0.0200 e. The number of hydrogen-bond acceptors (Lipinski definition) is 0. The first kappa shape index (κ1) is 4.54. The summed E-state index contributed by atoms with van der Waals surface area (Å²) in [4.78, 5) is 0. The molecule has 3 rings (SSSR count). The molecule has 2 unspecified atom stereocenters. The molecule has 2 fully saturated rings. The molecule has 0 nitrogen and oxygen atoms in total. The van der Waals surface area contributed by atoms with E-state index in [9.17, 15) is 0 Å². The van der Waals surface area contributed by atoms with Crippen LogP contribution in [-0.2, 0) is 0 Å². The van der Waals surface area contributed by atoms with Gasteiger partial charge in [-0.1, -0.05) is 12.2 Å². The SMILES string of the molecule is C1=CCC23C[C@H]2CC3C1. The van der Waals surface area contributed by atoms with Crippen LogP contribution in [0.25, 0.3) is 0 Å². The van der Waals surface area contributed by atoms with Crippen molar-refractivity contribution >= 4 is 0 Å². The lowest BCUT2D eigenvalue weighted by Crippen LogP contribution is -2.29. The molecule has 3 aliphatic carbocycles. The average Bonchev–Trinajstić information content (AvgIpc) is 2.46. The van der Waals surface area contributed by atoms with Crippen LogP contribution in [0, 0.1) is 17.3 Å². The van der Waals surface area contributed by atoms with Gasteiger partial charge in [0.15, 0.2) is 0 Å². The molecule has 0 radical (unpaired) electrons. The van der Waals surface area contributed by atoms with Crippen molar-refractivity contribution < 1.29 is 0 Å². The first-order chi connectivity index (χ1) is 4.42. The third-order valence-corrected chi connectivity index (χ3v) is 3.75. The summed E-state index contributed by atoms with van der Waals surface area (Å²) in [5.41, 5.74) is 0.898. The molecule has 2 saturated carbocycles. The number of hydrogen-bond donors (Lipinski definition) is 0. The van der Waals surface area contributed by atoms with Gasteiger partial charge in [0.1, 0.15) is 0 Å². The molecule has 3 aliphatic rings. The summed E-state index contributed by atoms with van der Waals surface area (Å²) in [6.07, 6.45) is 10.7. The molecule has 0 amide bonds. The normalized spacial score (nSPS) is 59.6.